The molecular weight excluding hydrogens is 340 g/mol. The van der Waals surface area contributed by atoms with Crippen LogP contribution in [0.5, 0.6) is 5.75 Å². The molecule has 0 radical (unpaired) electrons. The molecule has 0 N–H and O–H groups in total. The minimum Gasteiger partial charge on any atom is -0.490 e. The fourth-order valence-electron chi connectivity index (χ4n) is 1.94. The van der Waals surface area contributed by atoms with Gasteiger partial charge in [-0.2, -0.15) is 0 Å². The number of aryl methyl sites for hydroxylation is 1. The van der Waals surface area contributed by atoms with E-state index in [4.69, 9.17) is 4.74 Å². The monoisotopic (exact) mass is 352 g/mol. The lowest BCUT2D eigenvalue weighted by atomic mass is 10.2. The molecule has 21 heavy (non-hydrogen) atoms. The summed E-state index contributed by atoms with van der Waals surface area (Å²) in [6, 6.07) is 6.45. The van der Waals surface area contributed by atoms with Crippen molar-refractivity contribution >= 4 is 21.6 Å². The highest BCUT2D eigenvalue weighted by molar-refractivity contribution is 9.10. The lowest BCUT2D eigenvalue weighted by molar-refractivity contribution is -0.385. The van der Waals surface area contributed by atoms with Gasteiger partial charge in [0, 0.05) is 12.3 Å². The molecule has 0 atom stereocenters. The van der Waals surface area contributed by atoms with Crippen molar-refractivity contribution in [3.8, 4) is 5.75 Å². The highest BCUT2D eigenvalue weighted by atomic mass is 79.9. The van der Waals surface area contributed by atoms with Gasteiger partial charge in [-0.1, -0.05) is 6.07 Å². The number of ether oxygens (including phenoxy) is 1. The third-order valence-electron chi connectivity index (χ3n) is 3.09. The molecule has 0 bridgehead atoms. The zero-order chi connectivity index (χ0) is 15.6. The van der Waals surface area contributed by atoms with E-state index in [9.17, 15) is 14.9 Å². The minimum atomic E-state index is -0.504. The van der Waals surface area contributed by atoms with E-state index in [1.54, 1.807) is 12.3 Å². The lowest BCUT2D eigenvalue weighted by Gasteiger charge is -2.09. The fourth-order valence-corrected chi connectivity index (χ4v) is 2.30. The van der Waals surface area contributed by atoms with E-state index in [0.29, 0.717) is 10.0 Å². The van der Waals surface area contributed by atoms with Crippen LogP contribution in [0.4, 0.5) is 5.69 Å². The molecule has 110 valence electrons. The van der Waals surface area contributed by atoms with Gasteiger partial charge in [0.1, 0.15) is 0 Å². The summed E-state index contributed by atoms with van der Waals surface area (Å²) >= 11 is 3.24. The number of nitrogens with zero attached hydrogens (tertiary/aromatic N) is 2. The molecule has 6 nitrogen and oxygen atoms in total. The number of rotatable bonds is 4. The average Bonchev–Trinajstić information content (AvgIpc) is 2.47. The van der Waals surface area contributed by atoms with Crippen molar-refractivity contribution in [3.63, 3.8) is 0 Å². The van der Waals surface area contributed by atoms with Crippen molar-refractivity contribution in [1.82, 2.24) is 4.57 Å². The van der Waals surface area contributed by atoms with Crippen molar-refractivity contribution in [2.45, 2.75) is 13.5 Å². The van der Waals surface area contributed by atoms with E-state index in [1.807, 2.05) is 13.0 Å². The third kappa shape index (κ3) is 3.13. The average molecular weight is 353 g/mol. The van der Waals surface area contributed by atoms with Crippen LogP contribution in [-0.2, 0) is 6.54 Å². The van der Waals surface area contributed by atoms with Crippen molar-refractivity contribution in [3.05, 3.63) is 66.5 Å². The van der Waals surface area contributed by atoms with Crippen molar-refractivity contribution < 1.29 is 9.66 Å². The minimum absolute atomic E-state index is 0.116. The molecular formula is C14H13BrN2O4. The smallest absolute Gasteiger partial charge is 0.311 e. The molecule has 0 spiro atoms. The summed E-state index contributed by atoms with van der Waals surface area (Å²) < 4.78 is 6.93. The molecule has 0 unspecified atom stereocenters. The Balaban J connectivity index is 2.41. The van der Waals surface area contributed by atoms with Crippen LogP contribution in [0.2, 0.25) is 0 Å². The molecule has 7 heteroatoms. The van der Waals surface area contributed by atoms with E-state index in [0.717, 1.165) is 5.56 Å². The van der Waals surface area contributed by atoms with Crippen LogP contribution in [0.1, 0.15) is 11.1 Å². The molecule has 0 amide bonds. The predicted octanol–water partition coefficient (Wildman–Crippen LogP) is 2.88. The summed E-state index contributed by atoms with van der Waals surface area (Å²) in [5.41, 5.74) is 1.21. The van der Waals surface area contributed by atoms with Crippen molar-refractivity contribution in [1.29, 1.82) is 0 Å². The molecule has 0 saturated carbocycles. The maximum atomic E-state index is 12.1. The molecule has 1 aromatic heterocycles. The van der Waals surface area contributed by atoms with E-state index >= 15 is 0 Å². The Morgan fingerprint density at radius 3 is 2.71 bits per heavy atom. The summed E-state index contributed by atoms with van der Waals surface area (Å²) in [6.45, 7) is 2.08. The van der Waals surface area contributed by atoms with Gasteiger partial charge in [0.2, 0.25) is 0 Å². The first-order valence-corrected chi connectivity index (χ1v) is 6.90. The second-order valence-electron chi connectivity index (χ2n) is 4.51. The van der Waals surface area contributed by atoms with Crippen molar-refractivity contribution in [2.75, 3.05) is 7.11 Å². The molecule has 0 aliphatic carbocycles. The van der Waals surface area contributed by atoms with Crippen LogP contribution < -0.4 is 10.3 Å². The maximum absolute atomic E-state index is 12.1. The number of hydrogen-bond donors (Lipinski definition) is 0. The summed E-state index contributed by atoms with van der Waals surface area (Å²) in [5.74, 6) is 0.196. The molecule has 0 aliphatic heterocycles. The standard InChI is InChI=1S/C14H13BrN2O4/c1-9-5-6-16(14(18)13(9)15)8-10-3-4-12(21-2)11(7-10)17(19)20/h3-7H,8H2,1-2H3. The van der Waals surface area contributed by atoms with Crippen LogP contribution in [0.25, 0.3) is 0 Å². The van der Waals surface area contributed by atoms with Gasteiger partial charge in [0.25, 0.3) is 5.56 Å². The van der Waals surface area contributed by atoms with Gasteiger partial charge in [0.15, 0.2) is 5.75 Å². The Morgan fingerprint density at radius 1 is 1.38 bits per heavy atom. The first-order valence-electron chi connectivity index (χ1n) is 6.11. The number of halogens is 1. The first-order chi connectivity index (χ1) is 9.93. The zero-order valence-electron chi connectivity index (χ0n) is 11.5. The van der Waals surface area contributed by atoms with Gasteiger partial charge >= 0.3 is 5.69 Å². The van der Waals surface area contributed by atoms with Gasteiger partial charge < -0.3 is 9.30 Å². The second-order valence-corrected chi connectivity index (χ2v) is 5.30. The quantitative estimate of drug-likeness (QED) is 0.626. The molecule has 2 rings (SSSR count). The number of methoxy groups -OCH3 is 1. The summed E-state index contributed by atoms with van der Waals surface area (Å²) in [6.07, 6.45) is 1.67. The second kappa shape index (κ2) is 6.09. The van der Waals surface area contributed by atoms with Crippen LogP contribution in [0, 0.1) is 17.0 Å². The van der Waals surface area contributed by atoms with Gasteiger partial charge in [-0.25, -0.2) is 0 Å². The first kappa shape index (κ1) is 15.2. The van der Waals surface area contributed by atoms with Crippen LogP contribution in [0.15, 0.2) is 39.7 Å². The van der Waals surface area contributed by atoms with Gasteiger partial charge in [-0.3, -0.25) is 14.9 Å². The summed E-state index contributed by atoms with van der Waals surface area (Å²) in [5, 5.41) is 11.0. The number of pyridine rings is 1. The number of aromatic nitrogens is 1. The lowest BCUT2D eigenvalue weighted by Crippen LogP contribution is -2.21. The maximum Gasteiger partial charge on any atom is 0.311 e. The zero-order valence-corrected chi connectivity index (χ0v) is 13.1. The van der Waals surface area contributed by atoms with Crippen molar-refractivity contribution in [2.24, 2.45) is 0 Å². The fraction of sp³-hybridized carbons (Fsp3) is 0.214. The Kier molecular flexibility index (Phi) is 4.42. The largest absolute Gasteiger partial charge is 0.490 e. The number of benzene rings is 1. The molecule has 2 aromatic rings. The van der Waals surface area contributed by atoms with E-state index < -0.39 is 4.92 Å². The van der Waals surface area contributed by atoms with Gasteiger partial charge in [0.05, 0.1) is 23.1 Å². The van der Waals surface area contributed by atoms with Gasteiger partial charge in [-0.05, 0) is 46.1 Å². The molecule has 0 aliphatic rings. The van der Waals surface area contributed by atoms with Crippen LogP contribution in [0.3, 0.4) is 0 Å². The highest BCUT2D eigenvalue weighted by Gasteiger charge is 2.15. The summed E-state index contributed by atoms with van der Waals surface area (Å²) in [7, 11) is 1.38. The Hall–Kier alpha value is -2.15. The Bertz CT molecular complexity index is 755. The number of nitro groups is 1. The molecule has 0 saturated heterocycles. The van der Waals surface area contributed by atoms with Crippen LogP contribution in [-0.4, -0.2) is 16.6 Å². The van der Waals surface area contributed by atoms with E-state index in [-0.39, 0.29) is 23.5 Å². The third-order valence-corrected chi connectivity index (χ3v) is 4.06. The summed E-state index contributed by atoms with van der Waals surface area (Å²) in [4.78, 5) is 22.6. The molecule has 1 heterocycles. The van der Waals surface area contributed by atoms with E-state index in [2.05, 4.69) is 15.9 Å². The Morgan fingerprint density at radius 2 is 2.10 bits per heavy atom. The predicted molar refractivity (Wildman–Crippen MR) is 81.9 cm³/mol. The van der Waals surface area contributed by atoms with Crippen LogP contribution >= 0.6 is 15.9 Å². The molecule has 1 aromatic carbocycles. The number of hydrogen-bond acceptors (Lipinski definition) is 4. The van der Waals surface area contributed by atoms with Gasteiger partial charge in [-0.15, -0.1) is 0 Å². The normalized spacial score (nSPS) is 10.4. The highest BCUT2D eigenvalue weighted by Crippen LogP contribution is 2.27. The molecule has 0 fully saturated rings. The topological polar surface area (TPSA) is 74.4 Å². The SMILES string of the molecule is COc1ccc(Cn2ccc(C)c(Br)c2=O)cc1[N+](=O)[O-]. The Labute approximate surface area is 129 Å². The number of nitro benzene ring substituents is 1. The van der Waals surface area contributed by atoms with E-state index in [1.165, 1.54) is 23.8 Å².